The summed E-state index contributed by atoms with van der Waals surface area (Å²) >= 11 is 6.06. The van der Waals surface area contributed by atoms with Crippen molar-refractivity contribution in [3.63, 3.8) is 0 Å². The first-order chi connectivity index (χ1) is 14.9. The lowest BCUT2D eigenvalue weighted by molar-refractivity contribution is 0.0478. The number of benzene rings is 3. The SMILES string of the molecule is CCN(CC)C(C)Oc1ccc(C(O)(Cc2ccc(Cl)cc2)c2ccc(C)cc2)cc1. The highest BCUT2D eigenvalue weighted by Crippen LogP contribution is 2.35. The van der Waals surface area contributed by atoms with Crippen LogP contribution < -0.4 is 4.74 Å². The first kappa shape index (κ1) is 23.3. The van der Waals surface area contributed by atoms with Gasteiger partial charge in [0.1, 0.15) is 17.6 Å². The fraction of sp³-hybridized carbons (Fsp3) is 0.333. The van der Waals surface area contributed by atoms with E-state index in [4.69, 9.17) is 16.3 Å². The molecule has 0 aliphatic heterocycles. The smallest absolute Gasteiger partial charge is 0.149 e. The monoisotopic (exact) mass is 437 g/mol. The third-order valence-electron chi connectivity index (χ3n) is 5.87. The van der Waals surface area contributed by atoms with Crippen LogP contribution in [0.2, 0.25) is 5.02 Å². The topological polar surface area (TPSA) is 32.7 Å². The van der Waals surface area contributed by atoms with Crippen LogP contribution in [0.25, 0.3) is 0 Å². The van der Waals surface area contributed by atoms with Gasteiger partial charge in [0.2, 0.25) is 0 Å². The molecule has 0 saturated carbocycles. The first-order valence-corrected chi connectivity index (χ1v) is 11.3. The zero-order valence-electron chi connectivity index (χ0n) is 18.8. The van der Waals surface area contributed by atoms with Crippen molar-refractivity contribution in [3.05, 3.63) is 100 Å². The Hall–Kier alpha value is -2.33. The van der Waals surface area contributed by atoms with E-state index in [0.29, 0.717) is 11.4 Å². The van der Waals surface area contributed by atoms with E-state index in [9.17, 15) is 5.11 Å². The number of hydrogen-bond acceptors (Lipinski definition) is 3. The van der Waals surface area contributed by atoms with E-state index in [1.165, 1.54) is 0 Å². The Morgan fingerprint density at radius 3 is 1.90 bits per heavy atom. The Labute approximate surface area is 191 Å². The van der Waals surface area contributed by atoms with Crippen molar-refractivity contribution < 1.29 is 9.84 Å². The van der Waals surface area contributed by atoms with Crippen molar-refractivity contribution >= 4 is 11.6 Å². The van der Waals surface area contributed by atoms with Crippen LogP contribution in [-0.2, 0) is 12.0 Å². The summed E-state index contributed by atoms with van der Waals surface area (Å²) < 4.78 is 6.11. The highest BCUT2D eigenvalue weighted by Gasteiger charge is 2.32. The van der Waals surface area contributed by atoms with E-state index in [1.807, 2.05) is 79.7 Å². The minimum absolute atomic E-state index is 0.00843. The number of nitrogens with zero attached hydrogens (tertiary/aromatic N) is 1. The lowest BCUT2D eigenvalue weighted by Crippen LogP contribution is -2.36. The van der Waals surface area contributed by atoms with Crippen LogP contribution in [0.4, 0.5) is 0 Å². The third kappa shape index (κ3) is 5.68. The van der Waals surface area contributed by atoms with Crippen molar-refractivity contribution in [1.29, 1.82) is 0 Å². The van der Waals surface area contributed by atoms with E-state index < -0.39 is 5.60 Å². The van der Waals surface area contributed by atoms with Gasteiger partial charge in [0.25, 0.3) is 0 Å². The normalized spacial score (nSPS) is 14.3. The average molecular weight is 438 g/mol. The lowest BCUT2D eigenvalue weighted by atomic mass is 9.81. The van der Waals surface area contributed by atoms with Gasteiger partial charge < -0.3 is 9.84 Å². The Kier molecular flexibility index (Phi) is 7.77. The van der Waals surface area contributed by atoms with E-state index >= 15 is 0 Å². The molecule has 31 heavy (non-hydrogen) atoms. The van der Waals surface area contributed by atoms with Gasteiger partial charge in [-0.15, -0.1) is 0 Å². The molecule has 3 nitrogen and oxygen atoms in total. The summed E-state index contributed by atoms with van der Waals surface area (Å²) in [5.41, 5.74) is 2.70. The van der Waals surface area contributed by atoms with Crippen LogP contribution >= 0.6 is 11.6 Å². The molecule has 0 amide bonds. The Morgan fingerprint density at radius 2 is 1.39 bits per heavy atom. The molecular formula is C27H32ClNO2. The number of halogens is 1. The van der Waals surface area contributed by atoms with Crippen LogP contribution in [0.5, 0.6) is 5.75 Å². The van der Waals surface area contributed by atoms with Crippen LogP contribution in [0, 0.1) is 6.92 Å². The molecule has 1 N–H and O–H groups in total. The molecule has 0 aliphatic rings. The molecule has 0 fully saturated rings. The van der Waals surface area contributed by atoms with Gasteiger partial charge in [0.15, 0.2) is 0 Å². The molecule has 0 radical (unpaired) electrons. The molecule has 0 saturated heterocycles. The Bertz CT molecular complexity index is 950. The van der Waals surface area contributed by atoms with Gasteiger partial charge >= 0.3 is 0 Å². The third-order valence-corrected chi connectivity index (χ3v) is 6.12. The first-order valence-electron chi connectivity index (χ1n) is 10.9. The molecule has 3 aromatic rings. The van der Waals surface area contributed by atoms with Crippen molar-refractivity contribution in [2.45, 2.75) is 45.9 Å². The second kappa shape index (κ2) is 10.3. The average Bonchev–Trinajstić information content (AvgIpc) is 2.77. The van der Waals surface area contributed by atoms with Crippen LogP contribution in [0.15, 0.2) is 72.8 Å². The van der Waals surface area contributed by atoms with E-state index in [-0.39, 0.29) is 6.23 Å². The lowest BCUT2D eigenvalue weighted by Gasteiger charge is -2.31. The molecule has 4 heteroatoms. The van der Waals surface area contributed by atoms with Gasteiger partial charge in [-0.05, 0) is 67.9 Å². The Morgan fingerprint density at radius 1 is 0.871 bits per heavy atom. The summed E-state index contributed by atoms with van der Waals surface area (Å²) in [6.07, 6.45) is 0.439. The van der Waals surface area contributed by atoms with Gasteiger partial charge in [-0.2, -0.15) is 0 Å². The second-order valence-corrected chi connectivity index (χ2v) is 8.43. The predicted octanol–water partition coefficient (Wildman–Crippen LogP) is 6.19. The molecule has 0 aromatic heterocycles. The van der Waals surface area contributed by atoms with E-state index in [1.54, 1.807) is 0 Å². The molecule has 0 spiro atoms. The van der Waals surface area contributed by atoms with Gasteiger partial charge in [0.05, 0.1) is 0 Å². The van der Waals surface area contributed by atoms with E-state index in [2.05, 4.69) is 25.7 Å². The van der Waals surface area contributed by atoms with Gasteiger partial charge in [-0.25, -0.2) is 0 Å². The quantitative estimate of drug-likeness (QED) is 0.405. The molecule has 3 aromatic carbocycles. The molecular weight excluding hydrogens is 406 g/mol. The molecule has 3 rings (SSSR count). The van der Waals surface area contributed by atoms with Gasteiger partial charge in [-0.3, -0.25) is 4.90 Å². The second-order valence-electron chi connectivity index (χ2n) is 7.99. The van der Waals surface area contributed by atoms with Crippen molar-refractivity contribution in [2.75, 3.05) is 13.1 Å². The maximum absolute atomic E-state index is 11.9. The molecule has 0 aliphatic carbocycles. The van der Waals surface area contributed by atoms with Gasteiger partial charge in [0, 0.05) is 11.4 Å². The largest absolute Gasteiger partial charge is 0.475 e. The summed E-state index contributed by atoms with van der Waals surface area (Å²) in [4.78, 5) is 2.25. The fourth-order valence-corrected chi connectivity index (χ4v) is 4.04. The summed E-state index contributed by atoms with van der Waals surface area (Å²) in [6, 6.07) is 23.5. The highest BCUT2D eigenvalue weighted by molar-refractivity contribution is 6.30. The summed E-state index contributed by atoms with van der Waals surface area (Å²) in [5, 5.41) is 12.6. The molecule has 164 valence electrons. The maximum atomic E-state index is 11.9. The predicted molar refractivity (Wildman–Crippen MR) is 129 cm³/mol. The number of aryl methyl sites for hydroxylation is 1. The fourth-order valence-electron chi connectivity index (χ4n) is 3.92. The Balaban J connectivity index is 1.91. The van der Waals surface area contributed by atoms with Crippen LogP contribution in [0.1, 0.15) is 43.0 Å². The summed E-state index contributed by atoms with van der Waals surface area (Å²) in [6.45, 7) is 10.2. The van der Waals surface area contributed by atoms with Crippen molar-refractivity contribution in [2.24, 2.45) is 0 Å². The van der Waals surface area contributed by atoms with Crippen LogP contribution in [-0.4, -0.2) is 29.3 Å². The minimum atomic E-state index is -1.16. The van der Waals surface area contributed by atoms with Crippen molar-refractivity contribution in [1.82, 2.24) is 4.90 Å². The zero-order valence-corrected chi connectivity index (χ0v) is 19.6. The number of ether oxygens (including phenoxy) is 1. The molecule has 0 bridgehead atoms. The highest BCUT2D eigenvalue weighted by atomic mass is 35.5. The number of aliphatic hydroxyl groups is 1. The molecule has 0 heterocycles. The maximum Gasteiger partial charge on any atom is 0.149 e. The van der Waals surface area contributed by atoms with Crippen LogP contribution in [0.3, 0.4) is 0 Å². The standard InChI is InChI=1S/C27H32ClNO2/c1-5-29(6-2)21(4)31-26-17-13-24(14-18-26)27(30,23-11-7-20(3)8-12-23)19-22-9-15-25(28)16-10-22/h7-18,21,30H,5-6,19H2,1-4H3. The van der Waals surface area contributed by atoms with Gasteiger partial charge in [-0.1, -0.05) is 79.5 Å². The minimum Gasteiger partial charge on any atom is -0.475 e. The van der Waals surface area contributed by atoms with Crippen molar-refractivity contribution in [3.8, 4) is 5.75 Å². The summed E-state index contributed by atoms with van der Waals surface area (Å²) in [5.74, 6) is 0.792. The number of rotatable bonds is 9. The van der Waals surface area contributed by atoms with E-state index in [0.717, 1.165) is 41.1 Å². The molecule has 2 unspecified atom stereocenters. The zero-order chi connectivity index (χ0) is 22.4. The summed E-state index contributed by atoms with van der Waals surface area (Å²) in [7, 11) is 0. The molecule has 2 atom stereocenters. The number of hydrogen-bond donors (Lipinski definition) is 1.